The summed E-state index contributed by atoms with van der Waals surface area (Å²) in [5, 5.41) is 2.41. The molecule has 4 heterocycles. The molecule has 3 aliphatic rings. The summed E-state index contributed by atoms with van der Waals surface area (Å²) in [5.41, 5.74) is 0.625. The van der Waals surface area contributed by atoms with Gasteiger partial charge in [0, 0.05) is 48.1 Å². The highest BCUT2D eigenvalue weighted by Gasteiger charge is 2.47. The fourth-order valence-electron chi connectivity index (χ4n) is 4.87. The van der Waals surface area contributed by atoms with Gasteiger partial charge in [0.25, 0.3) is 11.1 Å². The minimum Gasteiger partial charge on any atom is -0.431 e. The molecule has 3 aliphatic heterocycles. The molecular weight excluding hydrogens is 390 g/mol. The molecule has 0 radical (unpaired) electrons. The highest BCUT2D eigenvalue weighted by molar-refractivity contribution is 7.11. The number of aromatic nitrogens is 1. The van der Waals surface area contributed by atoms with Gasteiger partial charge in [-0.3, -0.25) is 19.3 Å². The number of piperidine rings is 1. The predicted octanol–water partition coefficient (Wildman–Crippen LogP) is 3.22. The summed E-state index contributed by atoms with van der Waals surface area (Å²) in [6.07, 6.45) is 5.55. The Morgan fingerprint density at radius 2 is 1.66 bits per heavy atom. The lowest BCUT2D eigenvalue weighted by Gasteiger charge is -2.41. The largest absolute Gasteiger partial charge is 0.431 e. The van der Waals surface area contributed by atoms with Crippen molar-refractivity contribution in [2.24, 2.45) is 0 Å². The molecule has 1 aromatic carbocycles. The first-order valence-corrected chi connectivity index (χ1v) is 10.8. The second kappa shape index (κ2) is 7.26. The first kappa shape index (κ1) is 18.3. The predicted molar refractivity (Wildman–Crippen MR) is 106 cm³/mol. The van der Waals surface area contributed by atoms with Gasteiger partial charge in [-0.15, -0.1) is 0 Å². The summed E-state index contributed by atoms with van der Waals surface area (Å²) in [4.78, 5) is 44.9. The van der Waals surface area contributed by atoms with Gasteiger partial charge in [0.15, 0.2) is 0 Å². The average molecular weight is 411 g/mol. The Morgan fingerprint density at radius 1 is 1.00 bits per heavy atom. The maximum Gasteiger partial charge on any atom is 0.278 e. The number of likely N-dealkylation sites (tertiary alicyclic amines) is 1. The molecule has 29 heavy (non-hydrogen) atoms. The Hall–Kier alpha value is -2.74. The van der Waals surface area contributed by atoms with Gasteiger partial charge < -0.3 is 9.64 Å². The molecule has 150 valence electrons. The Morgan fingerprint density at radius 3 is 2.24 bits per heavy atom. The van der Waals surface area contributed by atoms with Gasteiger partial charge in [0.2, 0.25) is 11.8 Å². The average Bonchev–Trinajstić information content (AvgIpc) is 3.41. The number of amides is 3. The molecule has 2 unspecified atom stereocenters. The van der Waals surface area contributed by atoms with E-state index in [9.17, 15) is 14.4 Å². The molecular formula is C21H21N3O4S. The number of imide groups is 1. The van der Waals surface area contributed by atoms with E-state index in [0.717, 1.165) is 12.8 Å². The number of hydrogen-bond acceptors (Lipinski definition) is 6. The van der Waals surface area contributed by atoms with Crippen LogP contribution in [0.4, 0.5) is 0 Å². The van der Waals surface area contributed by atoms with E-state index in [1.165, 1.54) is 16.2 Å². The first-order valence-electron chi connectivity index (χ1n) is 9.95. The van der Waals surface area contributed by atoms with E-state index < -0.39 is 0 Å². The lowest BCUT2D eigenvalue weighted by atomic mass is 9.95. The number of carbonyl (C=O) groups excluding carboxylic acids is 3. The fourth-order valence-corrected chi connectivity index (χ4v) is 5.37. The smallest absolute Gasteiger partial charge is 0.278 e. The normalized spacial score (nSPS) is 26.3. The molecule has 2 atom stereocenters. The van der Waals surface area contributed by atoms with Crippen molar-refractivity contribution >= 4 is 29.1 Å². The molecule has 3 fully saturated rings. The Labute approximate surface area is 172 Å². The summed E-state index contributed by atoms with van der Waals surface area (Å²) in [6, 6.07) is 7.23. The van der Waals surface area contributed by atoms with E-state index in [4.69, 9.17) is 4.74 Å². The van der Waals surface area contributed by atoms with Crippen molar-refractivity contribution in [3.63, 3.8) is 0 Å². The van der Waals surface area contributed by atoms with Gasteiger partial charge in [0.05, 0.1) is 0 Å². The third kappa shape index (κ3) is 3.31. The van der Waals surface area contributed by atoms with Crippen molar-refractivity contribution in [3.8, 4) is 10.9 Å². The second-order valence-corrected chi connectivity index (χ2v) is 8.66. The molecule has 0 aliphatic carbocycles. The molecule has 3 amide bonds. The highest BCUT2D eigenvalue weighted by atomic mass is 32.1. The van der Waals surface area contributed by atoms with Crippen LogP contribution in [0.3, 0.4) is 0 Å². The van der Waals surface area contributed by atoms with Crippen molar-refractivity contribution in [3.05, 3.63) is 41.4 Å². The van der Waals surface area contributed by atoms with E-state index in [0.29, 0.717) is 42.2 Å². The van der Waals surface area contributed by atoms with Crippen molar-refractivity contribution in [1.29, 1.82) is 0 Å². The van der Waals surface area contributed by atoms with Crippen LogP contribution in [0.2, 0.25) is 0 Å². The minimum atomic E-state index is -0.0619. The van der Waals surface area contributed by atoms with Gasteiger partial charge in [-0.1, -0.05) is 11.3 Å². The van der Waals surface area contributed by atoms with Gasteiger partial charge in [-0.2, -0.15) is 0 Å². The van der Waals surface area contributed by atoms with Crippen molar-refractivity contribution in [2.45, 2.75) is 56.7 Å². The molecule has 3 saturated heterocycles. The number of ether oxygens (including phenoxy) is 1. The maximum atomic E-state index is 13.2. The zero-order chi connectivity index (χ0) is 20.0. The van der Waals surface area contributed by atoms with Crippen molar-refractivity contribution < 1.29 is 19.1 Å². The number of fused-ring (bicyclic) bond motifs is 2. The molecule has 0 saturated carbocycles. The quantitative estimate of drug-likeness (QED) is 0.722. The Balaban J connectivity index is 1.28. The second-order valence-electron chi connectivity index (χ2n) is 7.80. The van der Waals surface area contributed by atoms with Gasteiger partial charge in [0.1, 0.15) is 5.75 Å². The van der Waals surface area contributed by atoms with Crippen LogP contribution in [-0.4, -0.2) is 50.6 Å². The van der Waals surface area contributed by atoms with E-state index in [1.54, 1.807) is 30.5 Å². The summed E-state index contributed by atoms with van der Waals surface area (Å²) in [5.74, 6) is 0.532. The number of nitrogens with zero attached hydrogens (tertiary/aromatic N) is 3. The molecule has 1 aromatic heterocycles. The number of rotatable bonds is 4. The number of benzene rings is 1. The number of thiazole rings is 1. The molecule has 5 rings (SSSR count). The van der Waals surface area contributed by atoms with Crippen LogP contribution >= 0.6 is 11.3 Å². The monoisotopic (exact) mass is 411 g/mol. The summed E-state index contributed by atoms with van der Waals surface area (Å²) in [6.45, 7) is 0. The topological polar surface area (TPSA) is 79.8 Å². The maximum absolute atomic E-state index is 13.2. The Bertz CT molecular complexity index is 913. The summed E-state index contributed by atoms with van der Waals surface area (Å²) < 4.78 is 5.66. The van der Waals surface area contributed by atoms with Gasteiger partial charge >= 0.3 is 0 Å². The van der Waals surface area contributed by atoms with Crippen LogP contribution in [0, 0.1) is 0 Å². The zero-order valence-electron chi connectivity index (χ0n) is 15.8. The van der Waals surface area contributed by atoms with E-state index in [2.05, 4.69) is 4.98 Å². The van der Waals surface area contributed by atoms with E-state index in [1.807, 2.05) is 10.3 Å². The molecule has 0 spiro atoms. The number of carbonyl (C=O) groups is 3. The minimum absolute atomic E-state index is 0.0100. The number of hydrogen-bond donors (Lipinski definition) is 0. The van der Waals surface area contributed by atoms with Crippen LogP contribution in [0.1, 0.15) is 48.9 Å². The third-order valence-electron chi connectivity index (χ3n) is 6.11. The first-order chi connectivity index (χ1) is 14.1. The van der Waals surface area contributed by atoms with Crippen LogP contribution in [0.15, 0.2) is 35.8 Å². The highest BCUT2D eigenvalue weighted by Crippen LogP contribution is 2.40. The molecule has 0 N–H and O–H groups in total. The zero-order valence-corrected chi connectivity index (χ0v) is 16.6. The van der Waals surface area contributed by atoms with Gasteiger partial charge in [-0.05, 0) is 49.9 Å². The fraction of sp³-hybridized carbons (Fsp3) is 0.429. The van der Waals surface area contributed by atoms with E-state index in [-0.39, 0.29) is 35.8 Å². The lowest BCUT2D eigenvalue weighted by Crippen LogP contribution is -2.53. The van der Waals surface area contributed by atoms with Crippen molar-refractivity contribution in [2.75, 3.05) is 0 Å². The standard InChI is InChI=1S/C21H21N3O4S/c25-18-7-8-19(26)24(18)16-11-14-3-4-15(12-16)23(14)20(27)13-1-5-17(6-2-13)28-21-22-9-10-29-21/h1-2,5-6,9-10,14-16H,3-4,7-8,11-12H2. The van der Waals surface area contributed by atoms with Crippen LogP contribution in [0.5, 0.6) is 10.9 Å². The molecule has 7 nitrogen and oxygen atoms in total. The van der Waals surface area contributed by atoms with Crippen LogP contribution in [-0.2, 0) is 9.59 Å². The van der Waals surface area contributed by atoms with E-state index >= 15 is 0 Å². The molecule has 2 bridgehead atoms. The van der Waals surface area contributed by atoms with Gasteiger partial charge in [-0.25, -0.2) is 4.98 Å². The lowest BCUT2D eigenvalue weighted by molar-refractivity contribution is -0.142. The summed E-state index contributed by atoms with van der Waals surface area (Å²) >= 11 is 1.41. The molecule has 2 aromatic rings. The molecule has 8 heteroatoms. The van der Waals surface area contributed by atoms with Crippen LogP contribution < -0.4 is 4.74 Å². The van der Waals surface area contributed by atoms with Crippen LogP contribution in [0.25, 0.3) is 0 Å². The summed E-state index contributed by atoms with van der Waals surface area (Å²) in [7, 11) is 0. The Kier molecular flexibility index (Phi) is 4.58. The third-order valence-corrected chi connectivity index (χ3v) is 6.76. The van der Waals surface area contributed by atoms with Crippen molar-refractivity contribution in [1.82, 2.24) is 14.8 Å². The SMILES string of the molecule is O=C1CCC(=O)N1C1CC2CCC(C1)N2C(=O)c1ccc(Oc2nccs2)cc1.